The fraction of sp³-hybridized carbons (Fsp3) is 0.500. The van der Waals surface area contributed by atoms with Gasteiger partial charge in [0.15, 0.2) is 5.82 Å². The number of benzene rings is 1. The molecule has 4 rings (SSSR count). The van der Waals surface area contributed by atoms with Gasteiger partial charge in [0.2, 0.25) is 5.91 Å². The van der Waals surface area contributed by atoms with E-state index in [0.717, 1.165) is 0 Å². The van der Waals surface area contributed by atoms with E-state index in [0.29, 0.717) is 40.8 Å². The number of hydrogen-bond donors (Lipinski definition) is 3. The monoisotopic (exact) mass is 627 g/mol. The third-order valence-electron chi connectivity index (χ3n) is 6.04. The topological polar surface area (TPSA) is 144 Å². The Hall–Kier alpha value is -2.55. The molecule has 2 aromatic rings. The predicted octanol–water partition coefficient (Wildman–Crippen LogP) is 2.88. The van der Waals surface area contributed by atoms with Gasteiger partial charge in [-0.3, -0.25) is 24.4 Å². The van der Waals surface area contributed by atoms with Gasteiger partial charge in [0, 0.05) is 49.5 Å². The van der Waals surface area contributed by atoms with E-state index >= 15 is 0 Å². The van der Waals surface area contributed by atoms with E-state index in [1.807, 2.05) is 13.8 Å². The molecule has 12 nitrogen and oxygen atoms in total. The Morgan fingerprint density at radius 3 is 2.56 bits per heavy atom. The second kappa shape index (κ2) is 10.8. The number of nitro benzene ring substituents is 1. The van der Waals surface area contributed by atoms with Gasteiger partial charge in [0.25, 0.3) is 11.6 Å². The molecule has 0 saturated carbocycles. The molecular formula is C22H27Br2N7O5. The summed E-state index contributed by atoms with van der Waals surface area (Å²) >= 11 is 6.66. The van der Waals surface area contributed by atoms with Crippen LogP contribution in [0.25, 0.3) is 0 Å². The molecule has 3 heterocycles. The van der Waals surface area contributed by atoms with Crippen LogP contribution in [0.3, 0.4) is 0 Å². The van der Waals surface area contributed by atoms with E-state index in [1.54, 1.807) is 28.9 Å². The normalized spacial score (nSPS) is 24.0. The van der Waals surface area contributed by atoms with Crippen molar-refractivity contribution in [2.24, 2.45) is 7.05 Å². The van der Waals surface area contributed by atoms with Crippen molar-refractivity contribution in [1.82, 2.24) is 20.0 Å². The molecule has 2 saturated heterocycles. The molecule has 0 bridgehead atoms. The van der Waals surface area contributed by atoms with Gasteiger partial charge in [-0.1, -0.05) is 15.9 Å². The SMILES string of the molecule is C[C@@H]1CN(C(=O)c2cc(Br)cc([N+](=O)[O-])c2N[C@H]2CN[C@H](C(=O)Nc3nn(C)cc3Br)C2)C[C@H](C)O1. The maximum atomic E-state index is 13.5. The summed E-state index contributed by atoms with van der Waals surface area (Å²) in [6.45, 7) is 4.93. The number of morpholine rings is 1. The third kappa shape index (κ3) is 5.88. The zero-order chi connectivity index (χ0) is 26.1. The second-order valence-electron chi connectivity index (χ2n) is 9.10. The van der Waals surface area contributed by atoms with E-state index < -0.39 is 11.0 Å². The smallest absolute Gasteiger partial charge is 0.294 e. The van der Waals surface area contributed by atoms with E-state index in [-0.39, 0.29) is 47.0 Å². The summed E-state index contributed by atoms with van der Waals surface area (Å²) < 4.78 is 8.40. The molecule has 1 aromatic heterocycles. The molecule has 3 N–H and O–H groups in total. The Balaban J connectivity index is 1.54. The van der Waals surface area contributed by atoms with E-state index in [4.69, 9.17) is 4.74 Å². The van der Waals surface area contributed by atoms with Crippen LogP contribution in [0, 0.1) is 10.1 Å². The van der Waals surface area contributed by atoms with Crippen LogP contribution in [0.15, 0.2) is 27.3 Å². The second-order valence-corrected chi connectivity index (χ2v) is 10.9. The average molecular weight is 629 g/mol. The van der Waals surface area contributed by atoms with Crippen molar-refractivity contribution in [3.8, 4) is 0 Å². The van der Waals surface area contributed by atoms with Crippen molar-refractivity contribution in [2.45, 2.75) is 44.6 Å². The van der Waals surface area contributed by atoms with Gasteiger partial charge >= 0.3 is 0 Å². The number of carbonyl (C=O) groups is 2. The Kier molecular flexibility index (Phi) is 7.97. The van der Waals surface area contributed by atoms with Gasteiger partial charge < -0.3 is 25.6 Å². The van der Waals surface area contributed by atoms with Crippen molar-refractivity contribution < 1.29 is 19.2 Å². The van der Waals surface area contributed by atoms with E-state index in [1.165, 1.54) is 6.07 Å². The summed E-state index contributed by atoms with van der Waals surface area (Å²) in [6.07, 6.45) is 1.80. The van der Waals surface area contributed by atoms with Gasteiger partial charge in [-0.15, -0.1) is 0 Å². The van der Waals surface area contributed by atoms with Crippen molar-refractivity contribution in [2.75, 3.05) is 30.3 Å². The van der Waals surface area contributed by atoms with Crippen LogP contribution >= 0.6 is 31.9 Å². The Morgan fingerprint density at radius 1 is 1.25 bits per heavy atom. The highest BCUT2D eigenvalue weighted by atomic mass is 79.9. The Bertz CT molecular complexity index is 1180. The number of halogens is 2. The summed E-state index contributed by atoms with van der Waals surface area (Å²) in [7, 11) is 1.75. The minimum atomic E-state index is -0.536. The lowest BCUT2D eigenvalue weighted by Crippen LogP contribution is -2.48. The van der Waals surface area contributed by atoms with Gasteiger partial charge in [0.1, 0.15) is 5.69 Å². The molecule has 2 fully saturated rings. The van der Waals surface area contributed by atoms with Gasteiger partial charge in [-0.2, -0.15) is 5.10 Å². The lowest BCUT2D eigenvalue weighted by atomic mass is 10.1. The molecule has 14 heteroatoms. The molecule has 36 heavy (non-hydrogen) atoms. The van der Waals surface area contributed by atoms with E-state index in [9.17, 15) is 19.7 Å². The number of rotatable bonds is 6. The van der Waals surface area contributed by atoms with Crippen molar-refractivity contribution in [3.05, 3.63) is 43.0 Å². The van der Waals surface area contributed by atoms with Gasteiger partial charge in [-0.25, -0.2) is 0 Å². The molecule has 0 radical (unpaired) electrons. The maximum absolute atomic E-state index is 13.5. The number of hydrogen-bond acceptors (Lipinski definition) is 8. The standard InChI is InChI=1S/C22H27Br2N7O5/c1-11-8-30(9-12(2)36-11)22(33)15-4-13(23)5-18(31(34)35)19(15)26-14-6-17(25-7-14)21(32)27-20-16(24)10-29(3)28-20/h4-5,10-12,14,17,25-26H,6-9H2,1-3H3,(H,27,28,32)/t11-,12+,14-,17+/m1/s1. The minimum absolute atomic E-state index is 0.139. The molecule has 0 unspecified atom stereocenters. The molecule has 0 spiro atoms. The minimum Gasteiger partial charge on any atom is -0.375 e. The van der Waals surface area contributed by atoms with Crippen LogP contribution in [-0.4, -0.2) is 75.3 Å². The van der Waals surface area contributed by atoms with Crippen molar-refractivity contribution in [3.63, 3.8) is 0 Å². The number of amides is 2. The summed E-state index contributed by atoms with van der Waals surface area (Å²) in [5.74, 6) is -0.174. The fourth-order valence-electron chi connectivity index (χ4n) is 4.57. The largest absolute Gasteiger partial charge is 0.375 e. The van der Waals surface area contributed by atoms with Gasteiger partial charge in [-0.05, 0) is 42.3 Å². The molecule has 2 aliphatic rings. The van der Waals surface area contributed by atoms with Crippen molar-refractivity contribution in [1.29, 1.82) is 0 Å². The first-order valence-corrected chi connectivity index (χ1v) is 13.0. The number of nitro groups is 1. The zero-order valence-electron chi connectivity index (χ0n) is 20.0. The quantitative estimate of drug-likeness (QED) is 0.327. The highest BCUT2D eigenvalue weighted by Gasteiger charge is 2.35. The van der Waals surface area contributed by atoms with E-state index in [2.05, 4.69) is 52.9 Å². The average Bonchev–Trinajstić information content (AvgIpc) is 3.39. The third-order valence-corrected chi connectivity index (χ3v) is 7.08. The number of nitrogens with zero attached hydrogens (tertiary/aromatic N) is 4. The molecule has 1 aromatic carbocycles. The number of aromatic nitrogens is 2. The lowest BCUT2D eigenvalue weighted by molar-refractivity contribution is -0.384. The van der Waals surface area contributed by atoms with Crippen LogP contribution in [0.2, 0.25) is 0 Å². The van der Waals surface area contributed by atoms with Crippen LogP contribution < -0.4 is 16.0 Å². The van der Waals surface area contributed by atoms with Crippen LogP contribution in [0.1, 0.15) is 30.6 Å². The number of aryl methyl sites for hydroxylation is 1. The Labute approximate surface area is 224 Å². The number of anilines is 2. The summed E-state index contributed by atoms with van der Waals surface area (Å²) in [5.41, 5.74) is 0.121. The maximum Gasteiger partial charge on any atom is 0.294 e. The fourth-order valence-corrected chi connectivity index (χ4v) is 5.49. The molecule has 0 aliphatic carbocycles. The van der Waals surface area contributed by atoms with Crippen LogP contribution in [-0.2, 0) is 16.6 Å². The zero-order valence-corrected chi connectivity index (χ0v) is 23.1. The lowest BCUT2D eigenvalue weighted by Gasteiger charge is -2.35. The first-order chi connectivity index (χ1) is 17.0. The highest BCUT2D eigenvalue weighted by molar-refractivity contribution is 9.10. The predicted molar refractivity (Wildman–Crippen MR) is 140 cm³/mol. The molecule has 2 amide bonds. The van der Waals surface area contributed by atoms with Crippen LogP contribution in [0.4, 0.5) is 17.2 Å². The number of ether oxygens (including phenoxy) is 1. The first kappa shape index (κ1) is 26.5. The summed E-state index contributed by atoms with van der Waals surface area (Å²) in [4.78, 5) is 39.4. The van der Waals surface area contributed by atoms with Crippen molar-refractivity contribution >= 4 is 60.9 Å². The molecular weight excluding hydrogens is 602 g/mol. The molecule has 194 valence electrons. The summed E-state index contributed by atoms with van der Waals surface area (Å²) in [6, 6.07) is 2.11. The number of nitrogens with one attached hydrogen (secondary N) is 3. The van der Waals surface area contributed by atoms with Crippen LogP contribution in [0.5, 0.6) is 0 Å². The Morgan fingerprint density at radius 2 is 1.94 bits per heavy atom. The highest BCUT2D eigenvalue weighted by Crippen LogP contribution is 2.35. The number of carbonyl (C=O) groups excluding carboxylic acids is 2. The summed E-state index contributed by atoms with van der Waals surface area (Å²) in [5, 5.41) is 25.2. The van der Waals surface area contributed by atoms with Gasteiger partial charge in [0.05, 0.1) is 33.2 Å². The first-order valence-electron chi connectivity index (χ1n) is 11.4. The molecule has 4 atom stereocenters. The molecule has 2 aliphatic heterocycles.